The zero-order valence-electron chi connectivity index (χ0n) is 16.4. The molecule has 0 saturated carbocycles. The fourth-order valence-electron chi connectivity index (χ4n) is 3.49. The summed E-state index contributed by atoms with van der Waals surface area (Å²) in [5, 5.41) is 2.44. The number of halogens is 2. The highest BCUT2D eigenvalue weighted by Gasteiger charge is 2.16. The molecule has 6 nitrogen and oxygen atoms in total. The molecule has 3 rings (SSSR count). The van der Waals surface area contributed by atoms with Gasteiger partial charge in [-0.3, -0.25) is 14.5 Å². The van der Waals surface area contributed by atoms with Crippen LogP contribution in [0.15, 0.2) is 35.3 Å². The number of nitrogens with one attached hydrogen (secondary N) is 1. The molecule has 0 aliphatic carbocycles. The summed E-state index contributed by atoms with van der Waals surface area (Å²) in [5.74, 6) is -1.92. The summed E-state index contributed by atoms with van der Waals surface area (Å²) in [6.07, 6.45) is 6.08. The third-order valence-corrected chi connectivity index (χ3v) is 5.01. The Morgan fingerprint density at radius 2 is 1.86 bits per heavy atom. The maximum Gasteiger partial charge on any atom is 0.244 e. The van der Waals surface area contributed by atoms with Gasteiger partial charge in [0.1, 0.15) is 18.2 Å². The number of carbonyl (C=O) groups is 1. The first-order valence-corrected chi connectivity index (χ1v) is 9.71. The number of methoxy groups -OCH3 is 1. The molecule has 1 aliphatic rings. The van der Waals surface area contributed by atoms with Crippen LogP contribution in [0.4, 0.5) is 14.5 Å². The molecule has 1 aromatic carbocycles. The number of carbonyl (C=O) groups excluding carboxylic acids is 1. The van der Waals surface area contributed by atoms with Gasteiger partial charge in [-0.05, 0) is 38.1 Å². The predicted molar refractivity (Wildman–Crippen MR) is 106 cm³/mol. The van der Waals surface area contributed by atoms with E-state index < -0.39 is 17.5 Å². The van der Waals surface area contributed by atoms with Gasteiger partial charge in [0.25, 0.3) is 0 Å². The molecule has 1 saturated heterocycles. The van der Waals surface area contributed by atoms with E-state index in [0.717, 1.165) is 32.0 Å². The highest BCUT2D eigenvalue weighted by atomic mass is 19.1. The van der Waals surface area contributed by atoms with E-state index >= 15 is 0 Å². The van der Waals surface area contributed by atoms with Gasteiger partial charge in [0.15, 0.2) is 5.75 Å². The molecule has 29 heavy (non-hydrogen) atoms. The second-order valence-electron chi connectivity index (χ2n) is 7.19. The lowest BCUT2D eigenvalue weighted by Gasteiger charge is -2.23. The summed E-state index contributed by atoms with van der Waals surface area (Å²) in [6, 6.07) is 4.44. The van der Waals surface area contributed by atoms with Crippen molar-refractivity contribution in [2.24, 2.45) is 0 Å². The smallest absolute Gasteiger partial charge is 0.244 e. The minimum Gasteiger partial charge on any atom is -0.491 e. The van der Waals surface area contributed by atoms with Crippen LogP contribution in [0.5, 0.6) is 5.75 Å². The number of hydrogen-bond donors (Lipinski definition) is 1. The maximum absolute atomic E-state index is 13.8. The zero-order chi connectivity index (χ0) is 20.8. The van der Waals surface area contributed by atoms with Crippen molar-refractivity contribution in [2.75, 3.05) is 25.5 Å². The number of anilines is 1. The molecular weight excluding hydrogens is 380 g/mol. The second kappa shape index (κ2) is 9.65. The van der Waals surface area contributed by atoms with Crippen molar-refractivity contribution < 1.29 is 18.3 Å². The highest BCUT2D eigenvalue weighted by molar-refractivity contribution is 5.90. The Labute approximate surface area is 168 Å². The summed E-state index contributed by atoms with van der Waals surface area (Å²) in [5.41, 5.74) is 0.337. The predicted octanol–water partition coefficient (Wildman–Crippen LogP) is 3.15. The number of rotatable bonds is 6. The molecule has 1 aromatic heterocycles. The number of likely N-dealkylation sites (tertiary alicyclic amines) is 1. The van der Waals surface area contributed by atoms with Gasteiger partial charge in [0, 0.05) is 24.4 Å². The van der Waals surface area contributed by atoms with Gasteiger partial charge in [-0.1, -0.05) is 12.8 Å². The van der Waals surface area contributed by atoms with Crippen molar-refractivity contribution in [3.05, 3.63) is 58.0 Å². The first-order chi connectivity index (χ1) is 14.0. The highest BCUT2D eigenvalue weighted by Crippen LogP contribution is 2.17. The van der Waals surface area contributed by atoms with E-state index in [1.807, 2.05) is 0 Å². The van der Waals surface area contributed by atoms with Gasteiger partial charge >= 0.3 is 0 Å². The maximum atomic E-state index is 13.8. The summed E-state index contributed by atoms with van der Waals surface area (Å²) in [4.78, 5) is 27.0. The first kappa shape index (κ1) is 21.0. The van der Waals surface area contributed by atoms with E-state index in [4.69, 9.17) is 4.74 Å². The minimum atomic E-state index is -0.847. The molecule has 0 radical (unpaired) electrons. The van der Waals surface area contributed by atoms with Crippen LogP contribution < -0.4 is 15.5 Å². The summed E-state index contributed by atoms with van der Waals surface area (Å²) in [6.45, 7) is 2.29. The quantitative estimate of drug-likeness (QED) is 0.802. The topological polar surface area (TPSA) is 63.6 Å². The van der Waals surface area contributed by atoms with Crippen molar-refractivity contribution in [1.29, 1.82) is 0 Å². The molecule has 1 N–H and O–H groups in total. The number of aromatic nitrogens is 1. The Morgan fingerprint density at radius 1 is 1.14 bits per heavy atom. The van der Waals surface area contributed by atoms with Gasteiger partial charge in [-0.25, -0.2) is 8.78 Å². The van der Waals surface area contributed by atoms with Crippen LogP contribution in [-0.4, -0.2) is 35.6 Å². The van der Waals surface area contributed by atoms with Crippen LogP contribution in [0, 0.1) is 11.6 Å². The molecule has 1 fully saturated rings. The average Bonchev–Trinajstić information content (AvgIpc) is 2.95. The fraction of sp³-hybridized carbons (Fsp3) is 0.429. The number of ether oxygens (including phenoxy) is 1. The SMILES string of the molecule is COc1cn(CC(=O)Nc2ccc(F)cc2F)c(CN2CCCCCC2)cc1=O. The van der Waals surface area contributed by atoms with E-state index in [1.54, 1.807) is 4.57 Å². The van der Waals surface area contributed by atoms with Crippen molar-refractivity contribution in [1.82, 2.24) is 9.47 Å². The van der Waals surface area contributed by atoms with E-state index in [9.17, 15) is 18.4 Å². The lowest BCUT2D eigenvalue weighted by molar-refractivity contribution is -0.116. The third kappa shape index (κ3) is 5.63. The minimum absolute atomic E-state index is 0.0986. The van der Waals surface area contributed by atoms with Gasteiger partial charge < -0.3 is 14.6 Å². The van der Waals surface area contributed by atoms with Crippen LogP contribution in [0.25, 0.3) is 0 Å². The molecule has 1 aliphatic heterocycles. The van der Waals surface area contributed by atoms with Crippen molar-refractivity contribution in [3.8, 4) is 5.75 Å². The molecule has 1 amide bonds. The van der Waals surface area contributed by atoms with Gasteiger partial charge in [-0.2, -0.15) is 0 Å². The largest absolute Gasteiger partial charge is 0.491 e. The molecule has 2 aromatic rings. The van der Waals surface area contributed by atoms with Crippen LogP contribution in [0.2, 0.25) is 0 Å². The monoisotopic (exact) mass is 405 g/mol. The van der Waals surface area contributed by atoms with Crippen LogP contribution >= 0.6 is 0 Å². The Bertz CT molecular complexity index is 922. The summed E-state index contributed by atoms with van der Waals surface area (Å²) in [7, 11) is 1.39. The second-order valence-corrected chi connectivity index (χ2v) is 7.19. The lowest BCUT2D eigenvalue weighted by atomic mass is 10.2. The van der Waals surface area contributed by atoms with E-state index in [2.05, 4.69) is 10.2 Å². The third-order valence-electron chi connectivity index (χ3n) is 5.01. The number of benzene rings is 1. The van der Waals surface area contributed by atoms with Crippen LogP contribution in [0.1, 0.15) is 31.4 Å². The Morgan fingerprint density at radius 3 is 2.52 bits per heavy atom. The fourth-order valence-corrected chi connectivity index (χ4v) is 3.49. The van der Waals surface area contributed by atoms with Crippen molar-refractivity contribution in [2.45, 2.75) is 38.8 Å². The number of hydrogen-bond acceptors (Lipinski definition) is 4. The molecule has 0 spiro atoms. The molecule has 2 heterocycles. The lowest BCUT2D eigenvalue weighted by Crippen LogP contribution is -2.29. The van der Waals surface area contributed by atoms with Crippen LogP contribution in [0.3, 0.4) is 0 Å². The standard InChI is InChI=1S/C21H25F2N3O3/c1-29-20-13-26(14-21(28)24-18-7-6-15(22)10-17(18)23)16(11-19(20)27)12-25-8-4-2-3-5-9-25/h6-7,10-11,13H,2-5,8-9,12,14H2,1H3,(H,24,28). The normalized spacial score (nSPS) is 15.0. The summed E-state index contributed by atoms with van der Waals surface area (Å²) < 4.78 is 33.6. The molecule has 0 atom stereocenters. The van der Waals surface area contributed by atoms with Gasteiger partial charge in [0.2, 0.25) is 11.3 Å². The number of nitrogens with zero attached hydrogens (tertiary/aromatic N) is 2. The van der Waals surface area contributed by atoms with Crippen LogP contribution in [-0.2, 0) is 17.9 Å². The van der Waals surface area contributed by atoms with E-state index in [-0.39, 0.29) is 23.4 Å². The Hall–Kier alpha value is -2.74. The summed E-state index contributed by atoms with van der Waals surface area (Å²) >= 11 is 0. The molecule has 0 unspecified atom stereocenters. The van der Waals surface area contributed by atoms with E-state index in [0.29, 0.717) is 18.3 Å². The van der Waals surface area contributed by atoms with E-state index in [1.165, 1.54) is 38.3 Å². The Kier molecular flexibility index (Phi) is 6.98. The first-order valence-electron chi connectivity index (χ1n) is 9.71. The number of pyridine rings is 1. The van der Waals surface area contributed by atoms with Gasteiger partial charge in [0.05, 0.1) is 19.0 Å². The van der Waals surface area contributed by atoms with Crippen molar-refractivity contribution >= 4 is 11.6 Å². The average molecular weight is 405 g/mol. The zero-order valence-corrected chi connectivity index (χ0v) is 16.4. The molecule has 156 valence electrons. The van der Waals surface area contributed by atoms with Gasteiger partial charge in [-0.15, -0.1) is 0 Å². The molecular formula is C21H25F2N3O3. The molecule has 0 bridgehead atoms. The molecule has 8 heteroatoms. The number of amides is 1. The Balaban J connectivity index is 1.80. The van der Waals surface area contributed by atoms with Crippen molar-refractivity contribution in [3.63, 3.8) is 0 Å².